The molecule has 0 unspecified atom stereocenters. The molecule has 0 aliphatic rings. The molecular weight excluding hydrogens is 403 g/mol. The first-order chi connectivity index (χ1) is 12.9. The lowest BCUT2D eigenvalue weighted by Gasteiger charge is -2.14. The van der Waals surface area contributed by atoms with Crippen LogP contribution in [0.5, 0.6) is 0 Å². The van der Waals surface area contributed by atoms with Gasteiger partial charge in [-0.25, -0.2) is 0 Å². The molecule has 0 fully saturated rings. The van der Waals surface area contributed by atoms with Crippen molar-refractivity contribution in [1.29, 1.82) is 0 Å². The molecule has 1 atom stereocenters. The monoisotopic (exact) mass is 424 g/mol. The summed E-state index contributed by atoms with van der Waals surface area (Å²) in [5, 5.41) is 6.75. The van der Waals surface area contributed by atoms with Crippen LogP contribution in [0, 0.1) is 0 Å². The number of amides is 2. The first-order valence-corrected chi connectivity index (χ1v) is 10.5. The molecule has 2 N–H and O–H groups in total. The van der Waals surface area contributed by atoms with Gasteiger partial charge in [0.25, 0.3) is 5.91 Å². The van der Waals surface area contributed by atoms with Crippen molar-refractivity contribution in [3.63, 3.8) is 0 Å². The van der Waals surface area contributed by atoms with E-state index in [4.69, 9.17) is 23.2 Å². The molecule has 144 valence electrons. The van der Waals surface area contributed by atoms with Crippen LogP contribution in [0.4, 0.5) is 5.69 Å². The van der Waals surface area contributed by atoms with Gasteiger partial charge >= 0.3 is 0 Å². The topological polar surface area (TPSA) is 58.2 Å². The number of halogens is 2. The van der Waals surface area contributed by atoms with Crippen molar-refractivity contribution < 1.29 is 9.59 Å². The molecule has 0 aliphatic carbocycles. The molecule has 0 heterocycles. The number of thioether (sulfide) groups is 1. The molecule has 2 rings (SSSR count). The number of anilines is 1. The van der Waals surface area contributed by atoms with Gasteiger partial charge in [0.2, 0.25) is 5.91 Å². The van der Waals surface area contributed by atoms with Crippen LogP contribution in [0.1, 0.15) is 36.2 Å². The second kappa shape index (κ2) is 10.6. The van der Waals surface area contributed by atoms with Gasteiger partial charge in [-0.3, -0.25) is 9.59 Å². The number of hydrogen-bond donors (Lipinski definition) is 2. The summed E-state index contributed by atoms with van der Waals surface area (Å²) in [4.78, 5) is 24.6. The number of nitrogens with one attached hydrogen (secondary N) is 2. The summed E-state index contributed by atoms with van der Waals surface area (Å²) in [6.45, 7) is 3.95. The van der Waals surface area contributed by atoms with E-state index in [0.717, 1.165) is 12.0 Å². The van der Waals surface area contributed by atoms with E-state index in [9.17, 15) is 9.59 Å². The minimum atomic E-state index is -0.191. The summed E-state index contributed by atoms with van der Waals surface area (Å²) in [6, 6.07) is 12.5. The highest BCUT2D eigenvalue weighted by molar-refractivity contribution is 7.99. The fourth-order valence-corrected chi connectivity index (χ4v) is 3.37. The maximum Gasteiger partial charge on any atom is 0.253 e. The van der Waals surface area contributed by atoms with Gasteiger partial charge in [-0.15, -0.1) is 11.8 Å². The zero-order valence-electron chi connectivity index (χ0n) is 15.2. The Balaban J connectivity index is 1.91. The molecule has 2 aromatic carbocycles. The van der Waals surface area contributed by atoms with Crippen molar-refractivity contribution in [1.82, 2.24) is 5.32 Å². The van der Waals surface area contributed by atoms with E-state index in [1.54, 1.807) is 36.4 Å². The van der Waals surface area contributed by atoms with Gasteiger partial charge in [0, 0.05) is 11.8 Å². The minimum Gasteiger partial charge on any atom is -0.350 e. The number of benzene rings is 2. The van der Waals surface area contributed by atoms with Crippen LogP contribution in [0.3, 0.4) is 0 Å². The van der Waals surface area contributed by atoms with Crippen LogP contribution in [0.15, 0.2) is 42.5 Å². The number of hydrogen-bond acceptors (Lipinski definition) is 3. The molecule has 0 saturated carbocycles. The lowest BCUT2D eigenvalue weighted by molar-refractivity contribution is -0.113. The van der Waals surface area contributed by atoms with Crippen LogP contribution in [-0.2, 0) is 10.5 Å². The van der Waals surface area contributed by atoms with Crippen LogP contribution < -0.4 is 10.6 Å². The molecule has 27 heavy (non-hydrogen) atoms. The Morgan fingerprint density at radius 1 is 1.11 bits per heavy atom. The molecule has 0 saturated heterocycles. The number of para-hydroxylation sites is 1. The Kier molecular flexibility index (Phi) is 8.48. The minimum absolute atomic E-state index is 0.0722. The Labute approximate surface area is 174 Å². The van der Waals surface area contributed by atoms with Crippen LogP contribution in [0.2, 0.25) is 10.0 Å². The van der Waals surface area contributed by atoms with E-state index in [1.165, 1.54) is 11.8 Å². The summed E-state index contributed by atoms with van der Waals surface area (Å²) in [5.41, 5.74) is 1.97. The highest BCUT2D eigenvalue weighted by atomic mass is 35.5. The van der Waals surface area contributed by atoms with Crippen molar-refractivity contribution in [3.05, 3.63) is 63.6 Å². The molecular formula is C20H22Cl2N2O2S. The predicted molar refractivity (Wildman–Crippen MR) is 115 cm³/mol. The van der Waals surface area contributed by atoms with Crippen molar-refractivity contribution in [2.75, 3.05) is 11.1 Å². The fraction of sp³-hybridized carbons (Fsp3) is 0.300. The third kappa shape index (κ3) is 6.76. The van der Waals surface area contributed by atoms with Gasteiger partial charge in [0.1, 0.15) is 0 Å². The average molecular weight is 425 g/mol. The zero-order valence-corrected chi connectivity index (χ0v) is 17.5. The van der Waals surface area contributed by atoms with Crippen molar-refractivity contribution >= 4 is 52.5 Å². The number of carbonyl (C=O) groups excluding carboxylic acids is 2. The predicted octanol–water partition coefficient (Wildman–Crippen LogP) is 5.39. The first kappa shape index (κ1) is 21.6. The van der Waals surface area contributed by atoms with E-state index in [-0.39, 0.29) is 23.6 Å². The molecule has 7 heteroatoms. The van der Waals surface area contributed by atoms with Gasteiger partial charge in [0.15, 0.2) is 0 Å². The van der Waals surface area contributed by atoms with Crippen molar-refractivity contribution in [2.24, 2.45) is 0 Å². The lowest BCUT2D eigenvalue weighted by Crippen LogP contribution is -2.32. The van der Waals surface area contributed by atoms with E-state index in [1.807, 2.05) is 19.9 Å². The van der Waals surface area contributed by atoms with Gasteiger partial charge in [-0.2, -0.15) is 0 Å². The maximum absolute atomic E-state index is 12.4. The van der Waals surface area contributed by atoms with Crippen LogP contribution in [0.25, 0.3) is 0 Å². The fourth-order valence-electron chi connectivity index (χ4n) is 2.27. The van der Waals surface area contributed by atoms with E-state index in [0.29, 0.717) is 27.0 Å². The van der Waals surface area contributed by atoms with Gasteiger partial charge < -0.3 is 10.6 Å². The Morgan fingerprint density at radius 2 is 1.85 bits per heavy atom. The maximum atomic E-state index is 12.4. The van der Waals surface area contributed by atoms with E-state index >= 15 is 0 Å². The molecule has 0 aromatic heterocycles. The third-order valence-corrected chi connectivity index (χ3v) is 5.66. The van der Waals surface area contributed by atoms with Gasteiger partial charge in [-0.05, 0) is 43.2 Å². The second-order valence-electron chi connectivity index (χ2n) is 6.12. The lowest BCUT2D eigenvalue weighted by atomic mass is 10.1. The molecule has 2 amide bonds. The quantitative estimate of drug-likeness (QED) is 0.596. The van der Waals surface area contributed by atoms with E-state index in [2.05, 4.69) is 10.6 Å². The summed E-state index contributed by atoms with van der Waals surface area (Å²) in [7, 11) is 0. The molecule has 0 aliphatic heterocycles. The highest BCUT2D eigenvalue weighted by Crippen LogP contribution is 2.25. The second-order valence-corrected chi connectivity index (χ2v) is 7.92. The molecule has 0 radical (unpaired) electrons. The Morgan fingerprint density at radius 3 is 2.56 bits per heavy atom. The Bertz CT molecular complexity index is 814. The number of carbonyl (C=O) groups is 2. The zero-order chi connectivity index (χ0) is 19.8. The average Bonchev–Trinajstić information content (AvgIpc) is 2.64. The largest absolute Gasteiger partial charge is 0.350 e. The standard InChI is InChI=1S/C20H22Cl2N2O2S/c1-3-13(2)23-20(26)15-6-4-5-7-18(15)24-19(25)12-27-11-14-8-9-16(21)17(22)10-14/h4-10,13H,3,11-12H2,1-2H3,(H,23,26)(H,24,25)/t13-/m0/s1. The SMILES string of the molecule is CC[C@H](C)NC(=O)c1ccccc1NC(=O)CSCc1ccc(Cl)c(Cl)c1. The van der Waals surface area contributed by atoms with Crippen LogP contribution >= 0.6 is 35.0 Å². The summed E-state index contributed by atoms with van der Waals surface area (Å²) in [5.74, 6) is 0.551. The smallest absolute Gasteiger partial charge is 0.253 e. The summed E-state index contributed by atoms with van der Waals surface area (Å²) < 4.78 is 0. The van der Waals surface area contributed by atoms with Crippen molar-refractivity contribution in [2.45, 2.75) is 32.1 Å². The molecule has 2 aromatic rings. The normalized spacial score (nSPS) is 11.7. The molecule has 0 spiro atoms. The van der Waals surface area contributed by atoms with E-state index < -0.39 is 0 Å². The first-order valence-electron chi connectivity index (χ1n) is 8.62. The van der Waals surface area contributed by atoms with Gasteiger partial charge in [-0.1, -0.05) is 48.3 Å². The third-order valence-electron chi connectivity index (χ3n) is 3.92. The van der Waals surface area contributed by atoms with Crippen molar-refractivity contribution in [3.8, 4) is 0 Å². The molecule has 0 bridgehead atoms. The van der Waals surface area contributed by atoms with Crippen LogP contribution in [-0.4, -0.2) is 23.6 Å². The molecule has 4 nitrogen and oxygen atoms in total. The summed E-state index contributed by atoms with van der Waals surface area (Å²) >= 11 is 13.4. The number of rotatable bonds is 8. The Hall–Kier alpha value is -1.69. The highest BCUT2D eigenvalue weighted by Gasteiger charge is 2.14. The van der Waals surface area contributed by atoms with Gasteiger partial charge in [0.05, 0.1) is 27.0 Å². The summed E-state index contributed by atoms with van der Waals surface area (Å²) in [6.07, 6.45) is 0.839.